The summed E-state index contributed by atoms with van der Waals surface area (Å²) in [7, 11) is 0. The lowest BCUT2D eigenvalue weighted by Crippen LogP contribution is -2.53. The van der Waals surface area contributed by atoms with E-state index in [4.69, 9.17) is 0 Å². The van der Waals surface area contributed by atoms with Crippen molar-refractivity contribution in [2.75, 3.05) is 31.1 Å². The molecule has 1 atom stereocenters. The summed E-state index contributed by atoms with van der Waals surface area (Å²) in [5.74, 6) is -0.127. The second-order valence-electron chi connectivity index (χ2n) is 7.80. The molecule has 2 fully saturated rings. The Morgan fingerprint density at radius 1 is 0.893 bits per heavy atom. The quantitative estimate of drug-likeness (QED) is 0.815. The smallest absolute Gasteiger partial charge is 0.238 e. The third-order valence-corrected chi connectivity index (χ3v) is 5.93. The molecule has 0 radical (unpaired) electrons. The molecule has 2 aromatic rings. The number of anilines is 1. The summed E-state index contributed by atoms with van der Waals surface area (Å²) >= 11 is 0. The van der Waals surface area contributed by atoms with Crippen LogP contribution in [0.1, 0.15) is 31.4 Å². The summed E-state index contributed by atoms with van der Waals surface area (Å²) in [6.07, 6.45) is 1.30. The monoisotopic (exact) mass is 377 g/mol. The van der Waals surface area contributed by atoms with Gasteiger partial charge in [0.15, 0.2) is 0 Å². The van der Waals surface area contributed by atoms with Crippen LogP contribution in [0.25, 0.3) is 0 Å². The van der Waals surface area contributed by atoms with Crippen molar-refractivity contribution in [3.8, 4) is 0 Å². The highest BCUT2D eigenvalue weighted by molar-refractivity contribution is 6.08. The highest BCUT2D eigenvalue weighted by atomic mass is 16.2. The zero-order valence-electron chi connectivity index (χ0n) is 16.3. The fraction of sp³-hybridized carbons (Fsp3) is 0.391. The maximum absolute atomic E-state index is 13.1. The van der Waals surface area contributed by atoms with Gasteiger partial charge >= 0.3 is 0 Å². The molecule has 2 amide bonds. The van der Waals surface area contributed by atoms with Crippen LogP contribution in [0.15, 0.2) is 60.7 Å². The van der Waals surface area contributed by atoms with Crippen molar-refractivity contribution < 1.29 is 9.59 Å². The second-order valence-corrected chi connectivity index (χ2v) is 7.80. The molecule has 28 heavy (non-hydrogen) atoms. The lowest BCUT2D eigenvalue weighted by Gasteiger charge is -2.37. The Kier molecular flexibility index (Phi) is 5.07. The number of rotatable bonds is 5. The molecular weight excluding hydrogens is 350 g/mol. The zero-order chi connectivity index (χ0) is 19.6. The van der Waals surface area contributed by atoms with Gasteiger partial charge in [-0.25, -0.2) is 0 Å². The highest BCUT2D eigenvalue weighted by Gasteiger charge is 2.58. The molecule has 2 aliphatic rings. The first-order chi connectivity index (χ1) is 13.6. The SMILES string of the molecule is CC(NC(=O)C1(C(=O)N2CCN(c3ccccc3)CC2)CC1)c1ccccc1. The summed E-state index contributed by atoms with van der Waals surface area (Å²) in [6.45, 7) is 4.89. The zero-order valence-corrected chi connectivity index (χ0v) is 16.3. The number of nitrogens with zero attached hydrogens (tertiary/aromatic N) is 2. The number of para-hydroxylation sites is 1. The van der Waals surface area contributed by atoms with E-state index in [1.165, 1.54) is 5.69 Å². The summed E-state index contributed by atoms with van der Waals surface area (Å²) in [5.41, 5.74) is 1.39. The number of amides is 2. The van der Waals surface area contributed by atoms with Gasteiger partial charge in [0.1, 0.15) is 5.41 Å². The number of hydrogen-bond acceptors (Lipinski definition) is 3. The van der Waals surface area contributed by atoms with Gasteiger partial charge in [0.25, 0.3) is 0 Å². The third kappa shape index (κ3) is 3.61. The van der Waals surface area contributed by atoms with Crippen molar-refractivity contribution in [2.45, 2.75) is 25.8 Å². The van der Waals surface area contributed by atoms with Gasteiger partial charge < -0.3 is 15.1 Å². The van der Waals surface area contributed by atoms with E-state index in [0.717, 1.165) is 18.7 Å². The van der Waals surface area contributed by atoms with E-state index in [0.29, 0.717) is 25.9 Å². The van der Waals surface area contributed by atoms with Gasteiger partial charge in [-0.15, -0.1) is 0 Å². The average Bonchev–Trinajstić information content (AvgIpc) is 3.57. The average molecular weight is 377 g/mol. The van der Waals surface area contributed by atoms with E-state index < -0.39 is 5.41 Å². The minimum absolute atomic E-state index is 0.00188. The van der Waals surface area contributed by atoms with E-state index in [9.17, 15) is 9.59 Å². The summed E-state index contributed by atoms with van der Waals surface area (Å²) in [6, 6.07) is 20.0. The van der Waals surface area contributed by atoms with Crippen molar-refractivity contribution >= 4 is 17.5 Å². The maximum atomic E-state index is 13.1. The van der Waals surface area contributed by atoms with Crippen molar-refractivity contribution in [3.05, 3.63) is 66.2 Å². The van der Waals surface area contributed by atoms with Gasteiger partial charge in [0.2, 0.25) is 11.8 Å². The molecule has 146 valence electrons. The molecule has 1 heterocycles. The molecule has 1 N–H and O–H groups in total. The Balaban J connectivity index is 1.36. The number of piperazine rings is 1. The van der Waals surface area contributed by atoms with Crippen molar-refractivity contribution in [3.63, 3.8) is 0 Å². The van der Waals surface area contributed by atoms with E-state index in [2.05, 4.69) is 22.3 Å². The predicted octanol–water partition coefficient (Wildman–Crippen LogP) is 2.99. The van der Waals surface area contributed by atoms with Crippen molar-refractivity contribution in [1.82, 2.24) is 10.2 Å². The molecule has 1 aliphatic heterocycles. The first-order valence-electron chi connectivity index (χ1n) is 10.1. The molecule has 0 spiro atoms. The molecule has 0 bridgehead atoms. The second kappa shape index (κ2) is 7.66. The van der Waals surface area contributed by atoms with Crippen LogP contribution in [0.4, 0.5) is 5.69 Å². The Labute approximate surface area is 166 Å². The number of carbonyl (C=O) groups excluding carboxylic acids is 2. The molecule has 5 heteroatoms. The Bertz CT molecular complexity index is 825. The van der Waals surface area contributed by atoms with Crippen LogP contribution >= 0.6 is 0 Å². The summed E-state index contributed by atoms with van der Waals surface area (Å²) < 4.78 is 0. The fourth-order valence-electron chi connectivity index (χ4n) is 3.93. The van der Waals surface area contributed by atoms with Crippen molar-refractivity contribution in [1.29, 1.82) is 0 Å². The molecule has 1 saturated carbocycles. The molecule has 5 nitrogen and oxygen atoms in total. The highest BCUT2D eigenvalue weighted by Crippen LogP contribution is 2.48. The molecule has 1 unspecified atom stereocenters. The molecule has 0 aromatic heterocycles. The number of carbonyl (C=O) groups is 2. The minimum Gasteiger partial charge on any atom is -0.368 e. The van der Waals surface area contributed by atoms with Crippen LogP contribution in [-0.4, -0.2) is 42.9 Å². The van der Waals surface area contributed by atoms with Crippen LogP contribution in [0.3, 0.4) is 0 Å². The van der Waals surface area contributed by atoms with Crippen molar-refractivity contribution in [2.24, 2.45) is 5.41 Å². The Morgan fingerprint density at radius 2 is 1.46 bits per heavy atom. The molecule has 1 saturated heterocycles. The van der Waals surface area contributed by atoms with E-state index in [1.54, 1.807) is 0 Å². The van der Waals surface area contributed by atoms with Gasteiger partial charge in [-0.1, -0.05) is 48.5 Å². The topological polar surface area (TPSA) is 52.7 Å². The maximum Gasteiger partial charge on any atom is 0.238 e. The van der Waals surface area contributed by atoms with Crippen LogP contribution in [0, 0.1) is 5.41 Å². The number of hydrogen-bond donors (Lipinski definition) is 1. The van der Waals surface area contributed by atoms with Crippen LogP contribution in [0.2, 0.25) is 0 Å². The van der Waals surface area contributed by atoms with Gasteiger partial charge in [-0.05, 0) is 37.5 Å². The van der Waals surface area contributed by atoms with E-state index in [1.807, 2.05) is 60.4 Å². The minimum atomic E-state index is -0.849. The largest absolute Gasteiger partial charge is 0.368 e. The predicted molar refractivity (Wildman–Crippen MR) is 110 cm³/mol. The van der Waals surface area contributed by atoms with Crippen LogP contribution < -0.4 is 10.2 Å². The molecule has 4 rings (SSSR count). The van der Waals surface area contributed by atoms with Gasteiger partial charge in [-0.3, -0.25) is 9.59 Å². The van der Waals surface area contributed by atoms with Crippen LogP contribution in [0.5, 0.6) is 0 Å². The molecular formula is C23H27N3O2. The number of benzene rings is 2. The standard InChI is InChI=1S/C23H27N3O2/c1-18(19-8-4-2-5-9-19)24-21(27)23(12-13-23)22(28)26-16-14-25(15-17-26)20-10-6-3-7-11-20/h2-11,18H,12-17H2,1H3,(H,24,27). The number of nitrogens with one attached hydrogen (secondary N) is 1. The normalized spacial score (nSPS) is 19.0. The van der Waals surface area contributed by atoms with Crippen LogP contribution in [-0.2, 0) is 9.59 Å². The van der Waals surface area contributed by atoms with Gasteiger partial charge in [0.05, 0.1) is 6.04 Å². The first-order valence-corrected chi connectivity index (χ1v) is 10.1. The van der Waals surface area contributed by atoms with Gasteiger partial charge in [0, 0.05) is 31.9 Å². The first kappa shape index (κ1) is 18.5. The van der Waals surface area contributed by atoms with Gasteiger partial charge in [-0.2, -0.15) is 0 Å². The fourth-order valence-corrected chi connectivity index (χ4v) is 3.93. The Morgan fingerprint density at radius 3 is 2.04 bits per heavy atom. The molecule has 2 aromatic carbocycles. The third-order valence-electron chi connectivity index (χ3n) is 5.93. The lowest BCUT2D eigenvalue weighted by atomic mass is 10.0. The summed E-state index contributed by atoms with van der Waals surface area (Å²) in [5, 5.41) is 3.06. The lowest BCUT2D eigenvalue weighted by molar-refractivity contribution is -0.144. The van der Waals surface area contributed by atoms with E-state index >= 15 is 0 Å². The van der Waals surface area contributed by atoms with E-state index in [-0.39, 0.29) is 17.9 Å². The summed E-state index contributed by atoms with van der Waals surface area (Å²) in [4.78, 5) is 30.2. The Hall–Kier alpha value is -2.82. The molecule has 1 aliphatic carbocycles.